The number of ether oxygens (including phenoxy) is 1. The van der Waals surface area contributed by atoms with Gasteiger partial charge in [0.05, 0.1) is 6.67 Å². The van der Waals surface area contributed by atoms with Crippen molar-refractivity contribution in [2.24, 2.45) is 0 Å². The number of nitrogens with zero attached hydrogens (tertiary/aromatic N) is 1. The summed E-state index contributed by atoms with van der Waals surface area (Å²) in [6.07, 6.45) is -4.60. The van der Waals surface area contributed by atoms with Gasteiger partial charge in [-0.15, -0.1) is 25.6 Å². The number of halogens is 5. The molecule has 1 aromatic rings. The van der Waals surface area contributed by atoms with Crippen LogP contribution in [0.3, 0.4) is 0 Å². The van der Waals surface area contributed by atoms with Crippen molar-refractivity contribution in [1.29, 1.82) is 0 Å². The van der Waals surface area contributed by atoms with E-state index in [9.17, 15) is 17.6 Å². The fraction of sp³-hybridized carbons (Fsp3) is 0.571. The molecule has 126 valence electrons. The number of benzene rings is 1. The third-order valence-corrected chi connectivity index (χ3v) is 3.48. The summed E-state index contributed by atoms with van der Waals surface area (Å²) in [5.41, 5.74) is 0.384. The van der Waals surface area contributed by atoms with E-state index >= 15 is 0 Å². The summed E-state index contributed by atoms with van der Waals surface area (Å²) in [7, 11) is 0. The lowest BCUT2D eigenvalue weighted by Gasteiger charge is -2.35. The number of rotatable bonds is 5. The largest absolute Gasteiger partial charge is 0.573 e. The Balaban J connectivity index is 0.00000242. The van der Waals surface area contributed by atoms with Gasteiger partial charge in [0, 0.05) is 37.8 Å². The first-order chi connectivity index (χ1) is 10.0. The molecule has 8 heteroatoms. The van der Waals surface area contributed by atoms with Crippen LogP contribution in [0.4, 0.5) is 17.6 Å². The maximum atomic E-state index is 12.8. The van der Waals surface area contributed by atoms with E-state index in [4.69, 9.17) is 0 Å². The van der Waals surface area contributed by atoms with Crippen LogP contribution >= 0.6 is 12.4 Å². The molecule has 1 saturated heterocycles. The van der Waals surface area contributed by atoms with Gasteiger partial charge in [-0.3, -0.25) is 9.29 Å². The van der Waals surface area contributed by atoms with Crippen molar-refractivity contribution < 1.29 is 22.3 Å². The van der Waals surface area contributed by atoms with Gasteiger partial charge < -0.3 is 10.1 Å². The lowest BCUT2D eigenvalue weighted by Crippen LogP contribution is -2.45. The van der Waals surface area contributed by atoms with Crippen molar-refractivity contribution in [2.45, 2.75) is 18.8 Å². The molecule has 0 radical (unpaired) electrons. The van der Waals surface area contributed by atoms with Crippen molar-refractivity contribution in [3.8, 4) is 5.75 Å². The van der Waals surface area contributed by atoms with Gasteiger partial charge in [-0.1, -0.05) is 18.2 Å². The average Bonchev–Trinajstić information content (AvgIpc) is 2.45. The molecule has 3 nitrogen and oxygen atoms in total. The van der Waals surface area contributed by atoms with E-state index < -0.39 is 19.1 Å². The van der Waals surface area contributed by atoms with Crippen LogP contribution in [0.5, 0.6) is 5.75 Å². The molecule has 0 aliphatic carbocycles. The van der Waals surface area contributed by atoms with Gasteiger partial charge >= 0.3 is 6.36 Å². The SMILES string of the molecule is Cl.FCC[C@H](c1ccccc1OC(F)(F)F)N1CCNCC1. The Morgan fingerprint density at radius 2 is 1.82 bits per heavy atom. The maximum Gasteiger partial charge on any atom is 0.573 e. The van der Waals surface area contributed by atoms with Gasteiger partial charge in [-0.25, -0.2) is 0 Å². The van der Waals surface area contributed by atoms with Crippen LogP contribution < -0.4 is 10.1 Å². The van der Waals surface area contributed by atoms with E-state index in [1.54, 1.807) is 12.1 Å². The molecule has 0 unspecified atom stereocenters. The molecule has 0 amide bonds. The Morgan fingerprint density at radius 3 is 2.41 bits per heavy atom. The predicted molar refractivity (Wildman–Crippen MR) is 78.1 cm³/mol. The number of nitrogens with one attached hydrogen (secondary N) is 1. The molecular formula is C14H19ClF4N2O. The second-order valence-electron chi connectivity index (χ2n) is 4.87. The number of piperazine rings is 1. The number of hydrogen-bond acceptors (Lipinski definition) is 3. The zero-order chi connectivity index (χ0) is 15.3. The van der Waals surface area contributed by atoms with E-state index in [0.717, 1.165) is 13.1 Å². The minimum atomic E-state index is -4.75. The van der Waals surface area contributed by atoms with Gasteiger partial charge in [-0.2, -0.15) is 0 Å². The van der Waals surface area contributed by atoms with Crippen molar-refractivity contribution in [1.82, 2.24) is 10.2 Å². The summed E-state index contributed by atoms with van der Waals surface area (Å²) in [6.45, 7) is 2.24. The lowest BCUT2D eigenvalue weighted by atomic mass is 10.0. The summed E-state index contributed by atoms with van der Waals surface area (Å²) in [6, 6.07) is 5.57. The Labute approximate surface area is 133 Å². The van der Waals surface area contributed by atoms with Crippen LogP contribution in [0.1, 0.15) is 18.0 Å². The van der Waals surface area contributed by atoms with E-state index in [1.807, 2.05) is 4.90 Å². The van der Waals surface area contributed by atoms with E-state index in [-0.39, 0.29) is 24.6 Å². The molecule has 0 bridgehead atoms. The summed E-state index contributed by atoms with van der Waals surface area (Å²) in [5.74, 6) is -0.248. The first kappa shape index (κ1) is 19.0. The highest BCUT2D eigenvalue weighted by Gasteiger charge is 2.34. The zero-order valence-electron chi connectivity index (χ0n) is 11.9. The van der Waals surface area contributed by atoms with E-state index in [0.29, 0.717) is 18.7 Å². The number of para-hydroxylation sites is 1. The molecular weight excluding hydrogens is 324 g/mol. The van der Waals surface area contributed by atoms with Crippen LogP contribution in [0, 0.1) is 0 Å². The highest BCUT2D eigenvalue weighted by Crippen LogP contribution is 2.35. The second kappa shape index (κ2) is 8.55. The van der Waals surface area contributed by atoms with E-state index in [1.165, 1.54) is 12.1 Å². The normalized spacial score (nSPS) is 17.6. The number of alkyl halides is 4. The van der Waals surface area contributed by atoms with Crippen molar-refractivity contribution in [3.63, 3.8) is 0 Å². The van der Waals surface area contributed by atoms with Crippen LogP contribution in [0.15, 0.2) is 24.3 Å². The summed E-state index contributed by atoms with van der Waals surface area (Å²) in [5, 5.41) is 3.17. The summed E-state index contributed by atoms with van der Waals surface area (Å²) < 4.78 is 54.4. The minimum absolute atomic E-state index is 0. The highest BCUT2D eigenvalue weighted by molar-refractivity contribution is 5.85. The Morgan fingerprint density at radius 1 is 1.18 bits per heavy atom. The summed E-state index contributed by atoms with van der Waals surface area (Å²) in [4.78, 5) is 1.99. The van der Waals surface area contributed by atoms with E-state index in [2.05, 4.69) is 10.1 Å². The first-order valence-corrected chi connectivity index (χ1v) is 6.86. The maximum absolute atomic E-state index is 12.8. The van der Waals surface area contributed by atoms with Crippen LogP contribution in [0.25, 0.3) is 0 Å². The third kappa shape index (κ3) is 5.30. The lowest BCUT2D eigenvalue weighted by molar-refractivity contribution is -0.275. The van der Waals surface area contributed by atoms with Gasteiger partial charge in [0.15, 0.2) is 0 Å². The Bertz CT molecular complexity index is 453. The molecule has 0 aromatic heterocycles. The van der Waals surface area contributed by atoms with Gasteiger partial charge in [0.25, 0.3) is 0 Å². The zero-order valence-corrected chi connectivity index (χ0v) is 12.7. The molecule has 1 aliphatic heterocycles. The topological polar surface area (TPSA) is 24.5 Å². The Hall–Kier alpha value is -1.05. The van der Waals surface area contributed by atoms with Crippen LogP contribution in [0.2, 0.25) is 0 Å². The van der Waals surface area contributed by atoms with Gasteiger partial charge in [0.1, 0.15) is 5.75 Å². The minimum Gasteiger partial charge on any atom is -0.405 e. The molecule has 22 heavy (non-hydrogen) atoms. The van der Waals surface area contributed by atoms with Crippen molar-refractivity contribution >= 4 is 12.4 Å². The summed E-state index contributed by atoms with van der Waals surface area (Å²) >= 11 is 0. The third-order valence-electron chi connectivity index (χ3n) is 3.48. The highest BCUT2D eigenvalue weighted by atomic mass is 35.5. The smallest absolute Gasteiger partial charge is 0.405 e. The molecule has 1 fully saturated rings. The molecule has 0 saturated carbocycles. The monoisotopic (exact) mass is 342 g/mol. The molecule has 1 aromatic carbocycles. The average molecular weight is 343 g/mol. The van der Waals surface area contributed by atoms with Gasteiger partial charge in [-0.05, 0) is 12.5 Å². The fourth-order valence-corrected chi connectivity index (χ4v) is 2.61. The predicted octanol–water partition coefficient (Wildman–Crippen LogP) is 3.31. The molecule has 1 aliphatic rings. The number of hydrogen-bond donors (Lipinski definition) is 1. The molecule has 2 rings (SSSR count). The second-order valence-corrected chi connectivity index (χ2v) is 4.87. The van der Waals surface area contributed by atoms with Crippen molar-refractivity contribution in [2.75, 3.05) is 32.9 Å². The van der Waals surface area contributed by atoms with Crippen molar-refractivity contribution in [3.05, 3.63) is 29.8 Å². The van der Waals surface area contributed by atoms with Crippen LogP contribution in [-0.2, 0) is 0 Å². The fourth-order valence-electron chi connectivity index (χ4n) is 2.61. The molecule has 1 heterocycles. The Kier molecular flexibility index (Phi) is 7.38. The standard InChI is InChI=1S/C14H18F4N2O.ClH/c15-6-5-12(20-9-7-19-8-10-20)11-3-1-2-4-13(11)21-14(16,17)18;/h1-4,12,19H,5-10H2;1H/t12-;/m1./s1. The molecule has 1 N–H and O–H groups in total. The van der Waals surface area contributed by atoms with Gasteiger partial charge in [0.2, 0.25) is 0 Å². The van der Waals surface area contributed by atoms with Crippen LogP contribution in [-0.4, -0.2) is 44.1 Å². The molecule has 0 spiro atoms. The quantitative estimate of drug-likeness (QED) is 0.831. The first-order valence-electron chi connectivity index (χ1n) is 6.86. The molecule has 1 atom stereocenters.